The Morgan fingerprint density at radius 3 is 2.57 bits per heavy atom. The number of hydrogen-bond donors (Lipinski definition) is 0. The van der Waals surface area contributed by atoms with Crippen LogP contribution in [0.25, 0.3) is 0 Å². The lowest BCUT2D eigenvalue weighted by molar-refractivity contribution is -0.118. The number of Topliss-reactive ketones (excluding diaryl/α,β-unsaturated/α-hetero) is 1. The molecular weight excluding hydrogens is 172 g/mol. The molecule has 0 radical (unpaired) electrons. The standard InChI is InChI=1S/C13H24O/c1-4-12-7-5-6-8-13(12)10(2)9-11(3)14/h10,12-13H,4-9H2,1-3H3. The molecule has 0 aliphatic heterocycles. The number of hydrogen-bond acceptors (Lipinski definition) is 1. The highest BCUT2D eigenvalue weighted by Crippen LogP contribution is 2.38. The van der Waals surface area contributed by atoms with Gasteiger partial charge in [0.25, 0.3) is 0 Å². The monoisotopic (exact) mass is 196 g/mol. The maximum Gasteiger partial charge on any atom is 0.130 e. The van der Waals surface area contributed by atoms with Crippen LogP contribution in [0.3, 0.4) is 0 Å². The first-order chi connectivity index (χ1) is 6.65. The third kappa shape index (κ3) is 3.11. The van der Waals surface area contributed by atoms with Gasteiger partial charge >= 0.3 is 0 Å². The predicted molar refractivity (Wildman–Crippen MR) is 60.2 cm³/mol. The van der Waals surface area contributed by atoms with Crippen molar-refractivity contribution in [3.8, 4) is 0 Å². The second-order valence-corrected chi connectivity index (χ2v) is 5.00. The van der Waals surface area contributed by atoms with Crippen LogP contribution >= 0.6 is 0 Å². The van der Waals surface area contributed by atoms with E-state index >= 15 is 0 Å². The predicted octanol–water partition coefficient (Wildman–Crippen LogP) is 3.82. The van der Waals surface area contributed by atoms with Gasteiger partial charge < -0.3 is 4.79 Å². The molecule has 82 valence electrons. The Balaban J connectivity index is 2.49. The van der Waals surface area contributed by atoms with E-state index in [1.165, 1.54) is 32.1 Å². The zero-order chi connectivity index (χ0) is 10.6. The van der Waals surface area contributed by atoms with Crippen LogP contribution in [0.4, 0.5) is 0 Å². The summed E-state index contributed by atoms with van der Waals surface area (Å²) >= 11 is 0. The highest BCUT2D eigenvalue weighted by Gasteiger charge is 2.28. The third-order valence-corrected chi connectivity index (χ3v) is 3.83. The van der Waals surface area contributed by atoms with Gasteiger partial charge in [-0.15, -0.1) is 0 Å². The van der Waals surface area contributed by atoms with E-state index in [0.717, 1.165) is 18.3 Å². The summed E-state index contributed by atoms with van der Waals surface area (Å²) in [7, 11) is 0. The average Bonchev–Trinajstić information content (AvgIpc) is 2.16. The van der Waals surface area contributed by atoms with E-state index in [9.17, 15) is 4.79 Å². The van der Waals surface area contributed by atoms with Crippen LogP contribution in [0.1, 0.15) is 59.3 Å². The largest absolute Gasteiger partial charge is 0.300 e. The zero-order valence-corrected chi connectivity index (χ0v) is 9.88. The van der Waals surface area contributed by atoms with Crippen molar-refractivity contribution in [3.63, 3.8) is 0 Å². The molecule has 0 saturated heterocycles. The van der Waals surface area contributed by atoms with E-state index < -0.39 is 0 Å². The maximum absolute atomic E-state index is 11.1. The van der Waals surface area contributed by atoms with Crippen LogP contribution in [-0.4, -0.2) is 5.78 Å². The van der Waals surface area contributed by atoms with Crippen LogP contribution in [0.15, 0.2) is 0 Å². The molecule has 1 nitrogen and oxygen atoms in total. The normalized spacial score (nSPS) is 29.9. The van der Waals surface area contributed by atoms with Crippen molar-refractivity contribution >= 4 is 5.78 Å². The Bertz CT molecular complexity index is 186. The molecule has 0 spiro atoms. The molecule has 0 aromatic rings. The maximum atomic E-state index is 11.1. The molecule has 1 fully saturated rings. The quantitative estimate of drug-likeness (QED) is 0.668. The lowest BCUT2D eigenvalue weighted by Crippen LogP contribution is -2.26. The first-order valence-electron chi connectivity index (χ1n) is 6.14. The summed E-state index contributed by atoms with van der Waals surface area (Å²) in [5.41, 5.74) is 0. The van der Waals surface area contributed by atoms with Crippen molar-refractivity contribution in [2.45, 2.75) is 59.3 Å². The number of ketones is 1. The Labute approximate surface area is 88.3 Å². The number of carbonyl (C=O) groups is 1. The molecule has 0 amide bonds. The molecule has 0 heterocycles. The van der Waals surface area contributed by atoms with E-state index in [0.29, 0.717) is 11.7 Å². The molecule has 1 heteroatoms. The minimum atomic E-state index is 0.359. The summed E-state index contributed by atoms with van der Waals surface area (Å²) in [6.07, 6.45) is 7.62. The van der Waals surface area contributed by atoms with Gasteiger partial charge in [-0.05, 0) is 31.1 Å². The van der Waals surface area contributed by atoms with Crippen LogP contribution in [0, 0.1) is 17.8 Å². The SMILES string of the molecule is CCC1CCCCC1C(C)CC(C)=O. The molecule has 0 aromatic heterocycles. The van der Waals surface area contributed by atoms with Gasteiger partial charge in [-0.3, -0.25) is 0 Å². The minimum absolute atomic E-state index is 0.359. The van der Waals surface area contributed by atoms with Gasteiger partial charge in [0.2, 0.25) is 0 Å². The summed E-state index contributed by atoms with van der Waals surface area (Å²) < 4.78 is 0. The molecule has 1 rings (SSSR count). The van der Waals surface area contributed by atoms with E-state index in [1.807, 2.05) is 0 Å². The fourth-order valence-electron chi connectivity index (χ4n) is 3.10. The van der Waals surface area contributed by atoms with Crippen LogP contribution in [0.2, 0.25) is 0 Å². The third-order valence-electron chi connectivity index (χ3n) is 3.83. The highest BCUT2D eigenvalue weighted by molar-refractivity contribution is 5.75. The van der Waals surface area contributed by atoms with E-state index in [-0.39, 0.29) is 0 Å². The van der Waals surface area contributed by atoms with Crippen LogP contribution in [-0.2, 0) is 4.79 Å². The van der Waals surface area contributed by atoms with Gasteiger partial charge in [-0.1, -0.05) is 39.5 Å². The molecule has 14 heavy (non-hydrogen) atoms. The van der Waals surface area contributed by atoms with Gasteiger partial charge in [0.05, 0.1) is 0 Å². The van der Waals surface area contributed by atoms with Crippen LogP contribution < -0.4 is 0 Å². The summed E-state index contributed by atoms with van der Waals surface area (Å²) in [5, 5.41) is 0. The molecule has 0 N–H and O–H groups in total. The summed E-state index contributed by atoms with van der Waals surface area (Å²) in [6, 6.07) is 0. The van der Waals surface area contributed by atoms with Crippen molar-refractivity contribution in [1.82, 2.24) is 0 Å². The lowest BCUT2D eigenvalue weighted by atomic mass is 9.71. The van der Waals surface area contributed by atoms with Crippen molar-refractivity contribution in [2.75, 3.05) is 0 Å². The average molecular weight is 196 g/mol. The van der Waals surface area contributed by atoms with Gasteiger partial charge in [0.15, 0.2) is 0 Å². The summed E-state index contributed by atoms with van der Waals surface area (Å²) in [6.45, 7) is 6.28. The van der Waals surface area contributed by atoms with Crippen molar-refractivity contribution in [3.05, 3.63) is 0 Å². The van der Waals surface area contributed by atoms with E-state index in [1.54, 1.807) is 6.92 Å². The second-order valence-electron chi connectivity index (χ2n) is 5.00. The topological polar surface area (TPSA) is 17.1 Å². The molecule has 3 atom stereocenters. The molecule has 1 aliphatic carbocycles. The first kappa shape index (κ1) is 11.7. The second kappa shape index (κ2) is 5.53. The van der Waals surface area contributed by atoms with Gasteiger partial charge in [0.1, 0.15) is 5.78 Å². The highest BCUT2D eigenvalue weighted by atomic mass is 16.1. The molecule has 1 saturated carbocycles. The Kier molecular flexibility index (Phi) is 4.64. The number of carbonyl (C=O) groups excluding carboxylic acids is 1. The Morgan fingerprint density at radius 1 is 1.36 bits per heavy atom. The van der Waals surface area contributed by atoms with Crippen molar-refractivity contribution < 1.29 is 4.79 Å². The van der Waals surface area contributed by atoms with Gasteiger partial charge in [-0.2, -0.15) is 0 Å². The summed E-state index contributed by atoms with van der Waals surface area (Å²) in [5.74, 6) is 2.67. The molecule has 3 unspecified atom stereocenters. The molecule has 0 aromatic carbocycles. The van der Waals surface area contributed by atoms with Crippen molar-refractivity contribution in [1.29, 1.82) is 0 Å². The summed E-state index contributed by atoms with van der Waals surface area (Å²) in [4.78, 5) is 11.1. The van der Waals surface area contributed by atoms with E-state index in [2.05, 4.69) is 13.8 Å². The van der Waals surface area contributed by atoms with Crippen LogP contribution in [0.5, 0.6) is 0 Å². The number of rotatable bonds is 4. The fraction of sp³-hybridized carbons (Fsp3) is 0.923. The molecule has 0 bridgehead atoms. The van der Waals surface area contributed by atoms with Crippen molar-refractivity contribution in [2.24, 2.45) is 17.8 Å². The van der Waals surface area contributed by atoms with Gasteiger partial charge in [-0.25, -0.2) is 0 Å². The zero-order valence-electron chi connectivity index (χ0n) is 9.88. The molecular formula is C13H24O. The fourth-order valence-corrected chi connectivity index (χ4v) is 3.10. The Hall–Kier alpha value is -0.330. The Morgan fingerprint density at radius 2 is 2.00 bits per heavy atom. The van der Waals surface area contributed by atoms with Gasteiger partial charge in [0, 0.05) is 6.42 Å². The smallest absolute Gasteiger partial charge is 0.130 e. The molecule has 1 aliphatic rings. The first-order valence-corrected chi connectivity index (χ1v) is 6.14. The lowest BCUT2D eigenvalue weighted by Gasteiger charge is -2.35. The van der Waals surface area contributed by atoms with E-state index in [4.69, 9.17) is 0 Å². The minimum Gasteiger partial charge on any atom is -0.300 e.